The van der Waals surface area contributed by atoms with Gasteiger partial charge in [0.2, 0.25) is 5.91 Å². The molecule has 1 fully saturated rings. The number of amides is 2. The van der Waals surface area contributed by atoms with Gasteiger partial charge in [0, 0.05) is 28.7 Å². The molecule has 0 spiro atoms. The Balaban J connectivity index is 2.02. The molecule has 5 heteroatoms. The van der Waals surface area contributed by atoms with Gasteiger partial charge in [-0.3, -0.25) is 9.59 Å². The van der Waals surface area contributed by atoms with Gasteiger partial charge in [0.1, 0.15) is 0 Å². The van der Waals surface area contributed by atoms with E-state index in [1.54, 1.807) is 24.3 Å². The standard InChI is InChI=1S/C18H27N3O2/c1-18(2,3)21-17(23)13-7-5-9-15(11-13)20-16(22)12-6-4-8-14(19)10-12/h5,7,9,11-12,14H,4,6,8,10,19H2,1-3H3,(H,20,22)(H,21,23). The van der Waals surface area contributed by atoms with Gasteiger partial charge in [-0.05, 0) is 58.2 Å². The molecule has 2 atom stereocenters. The fourth-order valence-electron chi connectivity index (χ4n) is 2.86. The monoisotopic (exact) mass is 317 g/mol. The Kier molecular flexibility index (Phi) is 5.42. The molecular formula is C18H27N3O2. The lowest BCUT2D eigenvalue weighted by molar-refractivity contribution is -0.120. The zero-order valence-electron chi connectivity index (χ0n) is 14.2. The SMILES string of the molecule is CC(C)(C)NC(=O)c1cccc(NC(=O)C2CCCC(N)C2)c1. The van der Waals surface area contributed by atoms with Gasteiger partial charge in [-0.1, -0.05) is 12.5 Å². The number of benzene rings is 1. The fourth-order valence-corrected chi connectivity index (χ4v) is 2.86. The minimum absolute atomic E-state index is 0.00599. The number of hydrogen-bond donors (Lipinski definition) is 3. The molecule has 0 aliphatic heterocycles. The lowest BCUT2D eigenvalue weighted by Crippen LogP contribution is -2.40. The highest BCUT2D eigenvalue weighted by Gasteiger charge is 2.25. The zero-order valence-corrected chi connectivity index (χ0v) is 14.2. The Hall–Kier alpha value is -1.88. The van der Waals surface area contributed by atoms with Crippen molar-refractivity contribution in [2.24, 2.45) is 11.7 Å². The molecule has 1 aromatic rings. The van der Waals surface area contributed by atoms with Crippen LogP contribution in [0.3, 0.4) is 0 Å². The molecule has 2 rings (SSSR count). The highest BCUT2D eigenvalue weighted by molar-refractivity contribution is 5.98. The van der Waals surface area contributed by atoms with Gasteiger partial charge in [-0.25, -0.2) is 0 Å². The molecular weight excluding hydrogens is 290 g/mol. The molecule has 0 heterocycles. The van der Waals surface area contributed by atoms with Crippen LogP contribution < -0.4 is 16.4 Å². The number of carbonyl (C=O) groups is 2. The topological polar surface area (TPSA) is 84.2 Å². The van der Waals surface area contributed by atoms with E-state index < -0.39 is 0 Å². The first kappa shape index (κ1) is 17.5. The molecule has 0 aromatic heterocycles. The predicted octanol–water partition coefficient (Wildman–Crippen LogP) is 2.67. The van der Waals surface area contributed by atoms with Crippen molar-refractivity contribution < 1.29 is 9.59 Å². The predicted molar refractivity (Wildman–Crippen MR) is 92.2 cm³/mol. The van der Waals surface area contributed by atoms with E-state index in [9.17, 15) is 9.59 Å². The maximum Gasteiger partial charge on any atom is 0.251 e. The van der Waals surface area contributed by atoms with Crippen LogP contribution in [0.25, 0.3) is 0 Å². The summed E-state index contributed by atoms with van der Waals surface area (Å²) in [5, 5.41) is 5.83. The molecule has 1 aromatic carbocycles. The van der Waals surface area contributed by atoms with E-state index in [4.69, 9.17) is 5.73 Å². The summed E-state index contributed by atoms with van der Waals surface area (Å²) < 4.78 is 0. The Morgan fingerprint density at radius 1 is 1.22 bits per heavy atom. The summed E-state index contributed by atoms with van der Waals surface area (Å²) in [5.74, 6) is -0.187. The summed E-state index contributed by atoms with van der Waals surface area (Å²) in [7, 11) is 0. The zero-order chi connectivity index (χ0) is 17.0. The van der Waals surface area contributed by atoms with Crippen molar-refractivity contribution in [2.75, 3.05) is 5.32 Å². The van der Waals surface area contributed by atoms with Crippen molar-refractivity contribution in [3.63, 3.8) is 0 Å². The van der Waals surface area contributed by atoms with Crippen LogP contribution in [0.15, 0.2) is 24.3 Å². The Morgan fingerprint density at radius 3 is 2.61 bits per heavy atom. The Bertz CT molecular complexity index is 578. The maximum atomic E-state index is 12.4. The van der Waals surface area contributed by atoms with Gasteiger partial charge in [0.15, 0.2) is 0 Å². The average Bonchev–Trinajstić information content (AvgIpc) is 2.45. The number of nitrogens with two attached hydrogens (primary N) is 1. The van der Waals surface area contributed by atoms with Gasteiger partial charge < -0.3 is 16.4 Å². The first-order chi connectivity index (χ1) is 10.7. The molecule has 1 aliphatic carbocycles. The molecule has 1 saturated carbocycles. The molecule has 2 unspecified atom stereocenters. The summed E-state index contributed by atoms with van der Waals surface area (Å²) in [4.78, 5) is 24.6. The molecule has 0 saturated heterocycles. The molecule has 126 valence electrons. The van der Waals surface area contributed by atoms with Crippen molar-refractivity contribution in [3.05, 3.63) is 29.8 Å². The van der Waals surface area contributed by atoms with E-state index in [1.807, 2.05) is 20.8 Å². The second kappa shape index (κ2) is 7.13. The fraction of sp³-hybridized carbons (Fsp3) is 0.556. The number of rotatable bonds is 3. The van der Waals surface area contributed by atoms with E-state index >= 15 is 0 Å². The maximum absolute atomic E-state index is 12.4. The molecule has 1 aliphatic rings. The lowest BCUT2D eigenvalue weighted by atomic mass is 9.85. The summed E-state index contributed by atoms with van der Waals surface area (Å²) in [6.45, 7) is 5.80. The van der Waals surface area contributed by atoms with Crippen LogP contribution >= 0.6 is 0 Å². The van der Waals surface area contributed by atoms with Crippen molar-refractivity contribution >= 4 is 17.5 Å². The third kappa shape index (κ3) is 5.36. The normalized spacial score (nSPS) is 21.6. The summed E-state index contributed by atoms with van der Waals surface area (Å²) in [6, 6.07) is 7.15. The Labute approximate surface area is 138 Å². The quantitative estimate of drug-likeness (QED) is 0.801. The van der Waals surface area contributed by atoms with Crippen LogP contribution in [0, 0.1) is 5.92 Å². The number of anilines is 1. The van der Waals surface area contributed by atoms with Gasteiger partial charge in [-0.15, -0.1) is 0 Å². The second-order valence-electron chi connectivity index (χ2n) is 7.40. The number of nitrogens with one attached hydrogen (secondary N) is 2. The van der Waals surface area contributed by atoms with Crippen molar-refractivity contribution in [3.8, 4) is 0 Å². The number of carbonyl (C=O) groups excluding carboxylic acids is 2. The van der Waals surface area contributed by atoms with Gasteiger partial charge in [0.05, 0.1) is 0 Å². The van der Waals surface area contributed by atoms with Gasteiger partial charge in [0.25, 0.3) is 5.91 Å². The van der Waals surface area contributed by atoms with E-state index in [-0.39, 0.29) is 29.3 Å². The van der Waals surface area contributed by atoms with Gasteiger partial charge in [-0.2, -0.15) is 0 Å². The molecule has 5 nitrogen and oxygen atoms in total. The highest BCUT2D eigenvalue weighted by atomic mass is 16.2. The highest BCUT2D eigenvalue weighted by Crippen LogP contribution is 2.24. The molecule has 0 bridgehead atoms. The average molecular weight is 317 g/mol. The molecule has 4 N–H and O–H groups in total. The summed E-state index contributed by atoms with van der Waals surface area (Å²) in [5.41, 5.74) is 6.84. The van der Waals surface area contributed by atoms with Crippen molar-refractivity contribution in [2.45, 2.75) is 58.0 Å². The van der Waals surface area contributed by atoms with Crippen LogP contribution in [-0.2, 0) is 4.79 Å². The third-order valence-electron chi connectivity index (χ3n) is 3.97. The molecule has 2 amide bonds. The summed E-state index contributed by atoms with van der Waals surface area (Å²) in [6.07, 6.45) is 3.60. The molecule has 23 heavy (non-hydrogen) atoms. The number of hydrogen-bond acceptors (Lipinski definition) is 3. The van der Waals surface area contributed by atoms with Crippen LogP contribution in [0.1, 0.15) is 56.8 Å². The van der Waals surface area contributed by atoms with E-state index in [0.29, 0.717) is 11.3 Å². The van der Waals surface area contributed by atoms with Gasteiger partial charge >= 0.3 is 0 Å². The molecule has 0 radical (unpaired) electrons. The third-order valence-corrected chi connectivity index (χ3v) is 3.97. The van der Waals surface area contributed by atoms with E-state index in [0.717, 1.165) is 25.7 Å². The lowest BCUT2D eigenvalue weighted by Gasteiger charge is -2.25. The van der Waals surface area contributed by atoms with Crippen molar-refractivity contribution in [1.82, 2.24) is 5.32 Å². The van der Waals surface area contributed by atoms with E-state index in [1.165, 1.54) is 0 Å². The first-order valence-corrected chi connectivity index (χ1v) is 8.23. The van der Waals surface area contributed by atoms with Crippen molar-refractivity contribution in [1.29, 1.82) is 0 Å². The van der Waals surface area contributed by atoms with Crippen LogP contribution in [-0.4, -0.2) is 23.4 Å². The van der Waals surface area contributed by atoms with Crippen LogP contribution in [0.2, 0.25) is 0 Å². The smallest absolute Gasteiger partial charge is 0.251 e. The van der Waals surface area contributed by atoms with Crippen LogP contribution in [0.4, 0.5) is 5.69 Å². The minimum Gasteiger partial charge on any atom is -0.347 e. The first-order valence-electron chi connectivity index (χ1n) is 8.23. The Morgan fingerprint density at radius 2 is 1.96 bits per heavy atom. The minimum atomic E-state index is -0.297. The van der Waals surface area contributed by atoms with E-state index in [2.05, 4.69) is 10.6 Å². The second-order valence-corrected chi connectivity index (χ2v) is 7.40. The largest absolute Gasteiger partial charge is 0.347 e. The van der Waals surface area contributed by atoms with Crippen LogP contribution in [0.5, 0.6) is 0 Å². The summed E-state index contributed by atoms with van der Waals surface area (Å²) >= 11 is 0.